The van der Waals surface area contributed by atoms with Gasteiger partial charge >= 0.3 is 0 Å². The third-order valence-electron chi connectivity index (χ3n) is 4.90. The van der Waals surface area contributed by atoms with E-state index in [1.54, 1.807) is 28.8 Å². The molecule has 6 heteroatoms. The number of para-hydroxylation sites is 1. The monoisotopic (exact) mass is 398 g/mol. The van der Waals surface area contributed by atoms with E-state index >= 15 is 0 Å². The van der Waals surface area contributed by atoms with E-state index in [-0.39, 0.29) is 11.5 Å². The minimum Gasteiger partial charge on any atom is -0.495 e. The highest BCUT2D eigenvalue weighted by Gasteiger charge is 2.24. The molecule has 5 nitrogen and oxygen atoms in total. The number of pyridine rings is 1. The van der Waals surface area contributed by atoms with Crippen LogP contribution >= 0.6 is 11.6 Å². The van der Waals surface area contributed by atoms with Crippen LogP contribution in [0.15, 0.2) is 47.3 Å². The molecule has 0 saturated heterocycles. The maximum Gasteiger partial charge on any atom is 0.252 e. The Hall–Kier alpha value is -2.79. The fourth-order valence-corrected chi connectivity index (χ4v) is 3.70. The number of carbonyl (C=O) groups is 1. The van der Waals surface area contributed by atoms with Crippen LogP contribution in [0.3, 0.4) is 0 Å². The van der Waals surface area contributed by atoms with Gasteiger partial charge in [-0.15, -0.1) is 0 Å². The molecule has 2 aromatic carbocycles. The number of nitrogens with zero attached hydrogens (tertiary/aromatic N) is 1. The van der Waals surface area contributed by atoms with E-state index in [1.807, 2.05) is 39.0 Å². The van der Waals surface area contributed by atoms with Crippen molar-refractivity contribution in [2.75, 3.05) is 12.4 Å². The summed E-state index contributed by atoms with van der Waals surface area (Å²) in [5.41, 5.74) is 2.91. The second-order valence-electron chi connectivity index (χ2n) is 6.76. The van der Waals surface area contributed by atoms with Gasteiger partial charge in [-0.3, -0.25) is 14.2 Å². The average Bonchev–Trinajstić information content (AvgIpc) is 2.65. The number of fused-ring (bicyclic) bond motifs is 1. The van der Waals surface area contributed by atoms with Crippen LogP contribution in [0.2, 0.25) is 5.02 Å². The van der Waals surface area contributed by atoms with Crippen LogP contribution in [0.1, 0.15) is 30.5 Å². The molecule has 1 amide bonds. The first kappa shape index (κ1) is 20.0. The highest BCUT2D eigenvalue weighted by atomic mass is 35.5. The summed E-state index contributed by atoms with van der Waals surface area (Å²) in [4.78, 5) is 26.0. The van der Waals surface area contributed by atoms with Crippen molar-refractivity contribution >= 4 is 34.1 Å². The smallest absolute Gasteiger partial charge is 0.252 e. The van der Waals surface area contributed by atoms with E-state index in [0.29, 0.717) is 22.9 Å². The summed E-state index contributed by atoms with van der Waals surface area (Å²) in [5, 5.41) is 4.32. The number of amides is 1. The van der Waals surface area contributed by atoms with Crippen molar-refractivity contribution in [1.82, 2.24) is 4.57 Å². The summed E-state index contributed by atoms with van der Waals surface area (Å²) >= 11 is 6.07. The number of hydrogen-bond donors (Lipinski definition) is 1. The van der Waals surface area contributed by atoms with Gasteiger partial charge in [0, 0.05) is 16.5 Å². The summed E-state index contributed by atoms with van der Waals surface area (Å²) < 4.78 is 6.89. The SMILES string of the molecule is CCC(C(=O)Nc1cc(Cl)ccc1OC)n1c(=O)cc(C)c2cccc(C)c21. The Morgan fingerprint density at radius 3 is 2.61 bits per heavy atom. The number of ether oxygens (including phenoxy) is 1. The fraction of sp³-hybridized carbons (Fsp3) is 0.273. The van der Waals surface area contributed by atoms with Crippen molar-refractivity contribution in [3.8, 4) is 5.75 Å². The van der Waals surface area contributed by atoms with Gasteiger partial charge in [-0.05, 0) is 49.6 Å². The van der Waals surface area contributed by atoms with Gasteiger partial charge in [0.25, 0.3) is 5.56 Å². The molecule has 28 heavy (non-hydrogen) atoms. The molecule has 1 heterocycles. The first-order valence-electron chi connectivity index (χ1n) is 9.13. The lowest BCUT2D eigenvalue weighted by atomic mass is 10.0. The van der Waals surface area contributed by atoms with Gasteiger partial charge in [0.1, 0.15) is 11.8 Å². The molecule has 146 valence electrons. The zero-order chi connectivity index (χ0) is 20.4. The van der Waals surface area contributed by atoms with E-state index < -0.39 is 6.04 Å². The number of aromatic nitrogens is 1. The largest absolute Gasteiger partial charge is 0.495 e. The average molecular weight is 399 g/mol. The van der Waals surface area contributed by atoms with E-state index in [4.69, 9.17) is 16.3 Å². The van der Waals surface area contributed by atoms with Gasteiger partial charge < -0.3 is 10.1 Å². The van der Waals surface area contributed by atoms with Crippen LogP contribution in [-0.4, -0.2) is 17.6 Å². The minimum atomic E-state index is -0.666. The molecule has 3 rings (SSSR count). The van der Waals surface area contributed by atoms with Gasteiger partial charge in [-0.2, -0.15) is 0 Å². The number of rotatable bonds is 5. The number of anilines is 1. The Balaban J connectivity index is 2.11. The molecule has 1 atom stereocenters. The van der Waals surface area contributed by atoms with Crippen molar-refractivity contribution in [3.05, 3.63) is 69.0 Å². The lowest BCUT2D eigenvalue weighted by molar-refractivity contribution is -0.119. The molecule has 0 radical (unpaired) electrons. The van der Waals surface area contributed by atoms with E-state index in [0.717, 1.165) is 22.0 Å². The molecule has 0 spiro atoms. The molecule has 0 aliphatic rings. The number of halogens is 1. The first-order chi connectivity index (χ1) is 13.4. The van der Waals surface area contributed by atoms with Crippen LogP contribution in [0.4, 0.5) is 5.69 Å². The Bertz CT molecular complexity index is 1100. The van der Waals surface area contributed by atoms with Crippen LogP contribution in [0.25, 0.3) is 10.9 Å². The summed E-state index contributed by atoms with van der Waals surface area (Å²) in [6, 6.07) is 11.8. The number of hydrogen-bond acceptors (Lipinski definition) is 3. The number of nitrogens with one attached hydrogen (secondary N) is 1. The van der Waals surface area contributed by atoms with Crippen LogP contribution in [0.5, 0.6) is 5.75 Å². The molecule has 3 aromatic rings. The molecule has 0 saturated carbocycles. The predicted molar refractivity (Wildman–Crippen MR) is 114 cm³/mol. The van der Waals surface area contributed by atoms with Gasteiger partial charge in [0.2, 0.25) is 5.91 Å². The van der Waals surface area contributed by atoms with E-state index in [9.17, 15) is 9.59 Å². The number of methoxy groups -OCH3 is 1. The summed E-state index contributed by atoms with van der Waals surface area (Å²) in [7, 11) is 1.53. The second-order valence-corrected chi connectivity index (χ2v) is 7.20. The lowest BCUT2D eigenvalue weighted by Gasteiger charge is -2.22. The molecule has 1 unspecified atom stereocenters. The van der Waals surface area contributed by atoms with Crippen LogP contribution in [0, 0.1) is 13.8 Å². The summed E-state index contributed by atoms with van der Waals surface area (Å²) in [6.45, 7) is 5.74. The number of aryl methyl sites for hydroxylation is 2. The first-order valence-corrected chi connectivity index (χ1v) is 9.51. The Morgan fingerprint density at radius 2 is 1.93 bits per heavy atom. The normalized spacial score (nSPS) is 12.0. The maximum absolute atomic E-state index is 13.1. The predicted octanol–water partition coefficient (Wildman–Crippen LogP) is 4.87. The van der Waals surface area contributed by atoms with Crippen LogP contribution in [-0.2, 0) is 4.79 Å². The molecule has 0 fully saturated rings. The fourth-order valence-electron chi connectivity index (χ4n) is 3.53. The molecule has 0 bridgehead atoms. The van der Waals surface area contributed by atoms with Gasteiger partial charge in [-0.25, -0.2) is 0 Å². The van der Waals surface area contributed by atoms with Crippen molar-refractivity contribution in [2.45, 2.75) is 33.2 Å². The van der Waals surface area contributed by atoms with Crippen LogP contribution < -0.4 is 15.6 Å². The van der Waals surface area contributed by atoms with E-state index in [1.165, 1.54) is 7.11 Å². The summed E-state index contributed by atoms with van der Waals surface area (Å²) in [6.07, 6.45) is 0.459. The van der Waals surface area contributed by atoms with E-state index in [2.05, 4.69) is 5.32 Å². The van der Waals surface area contributed by atoms with Crippen molar-refractivity contribution in [3.63, 3.8) is 0 Å². The number of benzene rings is 2. The van der Waals surface area contributed by atoms with Crippen molar-refractivity contribution in [1.29, 1.82) is 0 Å². The van der Waals surface area contributed by atoms with Gasteiger partial charge in [0.15, 0.2) is 0 Å². The highest BCUT2D eigenvalue weighted by molar-refractivity contribution is 6.31. The molecular formula is C22H23ClN2O3. The Labute approximate surface area is 168 Å². The zero-order valence-electron chi connectivity index (χ0n) is 16.4. The topological polar surface area (TPSA) is 60.3 Å². The third kappa shape index (κ3) is 3.62. The minimum absolute atomic E-state index is 0.195. The maximum atomic E-state index is 13.1. The Kier molecular flexibility index (Phi) is 5.75. The second kappa shape index (κ2) is 8.07. The molecule has 0 aliphatic heterocycles. The zero-order valence-corrected chi connectivity index (χ0v) is 17.1. The lowest BCUT2D eigenvalue weighted by Crippen LogP contribution is -2.33. The number of carbonyl (C=O) groups excluding carboxylic acids is 1. The van der Waals surface area contributed by atoms with Gasteiger partial charge in [0.05, 0.1) is 18.3 Å². The molecule has 0 aliphatic carbocycles. The molecular weight excluding hydrogens is 376 g/mol. The standard InChI is InChI=1S/C22H23ClN2O3/c1-5-18(22(27)24-17-12-15(23)9-10-19(17)28-4)25-20(26)11-14(3)16-8-6-7-13(2)21(16)25/h6-12,18H,5H2,1-4H3,(H,24,27). The van der Waals surface area contributed by atoms with Crippen molar-refractivity contribution < 1.29 is 9.53 Å². The summed E-state index contributed by atoms with van der Waals surface area (Å²) in [5.74, 6) is 0.212. The van der Waals surface area contributed by atoms with Crippen molar-refractivity contribution in [2.24, 2.45) is 0 Å². The molecule has 1 N–H and O–H groups in total. The third-order valence-corrected chi connectivity index (χ3v) is 5.14. The Morgan fingerprint density at radius 1 is 1.18 bits per heavy atom. The highest BCUT2D eigenvalue weighted by Crippen LogP contribution is 2.30. The van der Waals surface area contributed by atoms with Gasteiger partial charge in [-0.1, -0.05) is 36.7 Å². The molecule has 1 aromatic heterocycles. The quantitative estimate of drug-likeness (QED) is 0.666.